The van der Waals surface area contributed by atoms with Crippen LogP contribution >= 0.6 is 0 Å². The van der Waals surface area contributed by atoms with Gasteiger partial charge in [0.25, 0.3) is 0 Å². The van der Waals surface area contributed by atoms with Crippen LogP contribution in [0.15, 0.2) is 36.9 Å². The van der Waals surface area contributed by atoms with Crippen molar-refractivity contribution >= 4 is 5.91 Å². The van der Waals surface area contributed by atoms with Crippen molar-refractivity contribution in [3.05, 3.63) is 42.5 Å². The summed E-state index contributed by atoms with van der Waals surface area (Å²) in [5, 5.41) is 0. The molecular weight excluding hydrogens is 338 g/mol. The van der Waals surface area contributed by atoms with Crippen LogP contribution in [-0.2, 0) is 11.3 Å². The first-order valence-corrected chi connectivity index (χ1v) is 9.91. The Morgan fingerprint density at radius 1 is 1.33 bits per heavy atom. The highest BCUT2D eigenvalue weighted by Gasteiger charge is 2.24. The van der Waals surface area contributed by atoms with E-state index in [1.54, 1.807) is 13.2 Å². The normalized spacial score (nSPS) is 17.7. The van der Waals surface area contributed by atoms with E-state index in [4.69, 9.17) is 4.74 Å². The lowest BCUT2D eigenvalue weighted by molar-refractivity contribution is -0.131. The maximum absolute atomic E-state index is 12.5. The van der Waals surface area contributed by atoms with Gasteiger partial charge < -0.3 is 14.5 Å². The van der Waals surface area contributed by atoms with Crippen molar-refractivity contribution in [3.63, 3.8) is 0 Å². The van der Waals surface area contributed by atoms with Crippen molar-refractivity contribution < 1.29 is 9.53 Å². The van der Waals surface area contributed by atoms with Gasteiger partial charge in [-0.1, -0.05) is 24.3 Å². The van der Waals surface area contributed by atoms with Gasteiger partial charge in [-0.15, -0.1) is 6.58 Å². The molecule has 1 aliphatic heterocycles. The summed E-state index contributed by atoms with van der Waals surface area (Å²) in [4.78, 5) is 19.1. The summed E-state index contributed by atoms with van der Waals surface area (Å²) in [7, 11) is 5.82. The highest BCUT2D eigenvalue weighted by Crippen LogP contribution is 2.24. The molecule has 1 amide bonds. The lowest BCUT2D eigenvalue weighted by Gasteiger charge is -2.36. The van der Waals surface area contributed by atoms with E-state index in [-0.39, 0.29) is 5.91 Å². The Morgan fingerprint density at radius 2 is 2.11 bits per heavy atom. The van der Waals surface area contributed by atoms with Crippen molar-refractivity contribution in [3.8, 4) is 5.75 Å². The number of likely N-dealkylation sites (tertiary alicyclic amines) is 1. The SMILES string of the molecule is C=CCC(=O)N(CCN(C)C)C[C@H]1CCCN(Cc2ccccc2OC)C1. The lowest BCUT2D eigenvalue weighted by Crippen LogP contribution is -2.44. The van der Waals surface area contributed by atoms with Crippen molar-refractivity contribution in [1.29, 1.82) is 0 Å². The van der Waals surface area contributed by atoms with Gasteiger partial charge in [0.2, 0.25) is 5.91 Å². The minimum absolute atomic E-state index is 0.189. The fourth-order valence-corrected chi connectivity index (χ4v) is 3.72. The smallest absolute Gasteiger partial charge is 0.226 e. The number of carbonyl (C=O) groups excluding carboxylic acids is 1. The predicted molar refractivity (Wildman–Crippen MR) is 111 cm³/mol. The highest BCUT2D eigenvalue weighted by atomic mass is 16.5. The molecule has 27 heavy (non-hydrogen) atoms. The average Bonchev–Trinajstić information content (AvgIpc) is 2.66. The molecule has 0 unspecified atom stereocenters. The van der Waals surface area contributed by atoms with Gasteiger partial charge in [0.15, 0.2) is 0 Å². The Kier molecular flexibility index (Phi) is 8.82. The van der Waals surface area contributed by atoms with E-state index in [0.29, 0.717) is 12.3 Å². The largest absolute Gasteiger partial charge is 0.496 e. The summed E-state index contributed by atoms with van der Waals surface area (Å²) in [6, 6.07) is 8.23. The third-order valence-corrected chi connectivity index (χ3v) is 5.16. The minimum Gasteiger partial charge on any atom is -0.496 e. The van der Waals surface area contributed by atoms with Crippen LogP contribution in [0.25, 0.3) is 0 Å². The maximum atomic E-state index is 12.5. The van der Waals surface area contributed by atoms with Crippen molar-refractivity contribution in [1.82, 2.24) is 14.7 Å². The zero-order chi connectivity index (χ0) is 19.6. The Bertz CT molecular complexity index is 603. The van der Waals surface area contributed by atoms with Gasteiger partial charge in [0, 0.05) is 44.7 Å². The molecule has 0 spiro atoms. The molecule has 1 atom stereocenters. The molecule has 1 aromatic carbocycles. The monoisotopic (exact) mass is 373 g/mol. The summed E-state index contributed by atoms with van der Waals surface area (Å²) in [5.41, 5.74) is 1.23. The summed E-state index contributed by atoms with van der Waals surface area (Å²) in [6.45, 7) is 9.26. The van der Waals surface area contributed by atoms with Crippen LogP contribution in [0, 0.1) is 5.92 Å². The molecule has 1 saturated heterocycles. The standard InChI is InChI=1S/C22H35N3O2/c1-5-9-22(26)25(15-14-23(2)3)17-19-10-8-13-24(16-19)18-20-11-6-7-12-21(20)27-4/h5-7,11-12,19H,1,8-10,13-18H2,2-4H3/t19-/m0/s1. The van der Waals surface area contributed by atoms with Crippen LogP contribution in [0.3, 0.4) is 0 Å². The molecule has 0 aromatic heterocycles. The number of amides is 1. The number of likely N-dealkylation sites (N-methyl/N-ethyl adjacent to an activating group) is 1. The van der Waals surface area contributed by atoms with Gasteiger partial charge in [-0.3, -0.25) is 9.69 Å². The zero-order valence-corrected chi connectivity index (χ0v) is 17.2. The topological polar surface area (TPSA) is 36.0 Å². The van der Waals surface area contributed by atoms with Crippen molar-refractivity contribution in [2.24, 2.45) is 5.92 Å². The second-order valence-electron chi connectivity index (χ2n) is 7.69. The first-order valence-electron chi connectivity index (χ1n) is 9.91. The Morgan fingerprint density at radius 3 is 2.81 bits per heavy atom. The number of nitrogens with zero attached hydrogens (tertiary/aromatic N) is 3. The van der Waals surface area contributed by atoms with Gasteiger partial charge in [0.1, 0.15) is 5.75 Å². The summed E-state index contributed by atoms with van der Waals surface area (Å²) in [6.07, 6.45) is 4.49. The van der Waals surface area contributed by atoms with Gasteiger partial charge in [0.05, 0.1) is 7.11 Å². The van der Waals surface area contributed by atoms with E-state index in [2.05, 4.69) is 28.5 Å². The van der Waals surface area contributed by atoms with E-state index in [9.17, 15) is 4.79 Å². The van der Waals surface area contributed by atoms with Crippen molar-refractivity contribution in [2.75, 3.05) is 53.9 Å². The Balaban J connectivity index is 1.96. The van der Waals surface area contributed by atoms with Gasteiger partial charge >= 0.3 is 0 Å². The molecule has 0 saturated carbocycles. The van der Waals surface area contributed by atoms with Gasteiger partial charge in [-0.25, -0.2) is 0 Å². The number of ether oxygens (including phenoxy) is 1. The zero-order valence-electron chi connectivity index (χ0n) is 17.2. The molecule has 2 rings (SSSR count). The molecule has 150 valence electrons. The third-order valence-electron chi connectivity index (χ3n) is 5.16. The number of benzene rings is 1. The number of piperidine rings is 1. The molecule has 5 nitrogen and oxygen atoms in total. The van der Waals surface area contributed by atoms with Crippen LogP contribution in [0.4, 0.5) is 0 Å². The van der Waals surface area contributed by atoms with E-state index < -0.39 is 0 Å². The summed E-state index contributed by atoms with van der Waals surface area (Å²) < 4.78 is 5.50. The van der Waals surface area contributed by atoms with E-state index >= 15 is 0 Å². The molecule has 0 radical (unpaired) electrons. The third kappa shape index (κ3) is 7.00. The van der Waals surface area contributed by atoms with E-state index in [1.807, 2.05) is 31.1 Å². The lowest BCUT2D eigenvalue weighted by atomic mass is 9.96. The number of hydrogen-bond acceptors (Lipinski definition) is 4. The van der Waals surface area contributed by atoms with Crippen LogP contribution in [0.2, 0.25) is 0 Å². The molecule has 5 heteroatoms. The maximum Gasteiger partial charge on any atom is 0.226 e. The molecule has 0 aliphatic carbocycles. The quantitative estimate of drug-likeness (QED) is 0.591. The predicted octanol–water partition coefficient (Wildman–Crippen LogP) is 2.87. The van der Waals surface area contributed by atoms with Crippen LogP contribution < -0.4 is 4.74 Å². The van der Waals surface area contributed by atoms with Crippen LogP contribution in [0.1, 0.15) is 24.8 Å². The Labute approximate surface area is 164 Å². The van der Waals surface area contributed by atoms with E-state index in [0.717, 1.165) is 45.0 Å². The van der Waals surface area contributed by atoms with Crippen LogP contribution in [-0.4, -0.2) is 74.5 Å². The average molecular weight is 374 g/mol. The number of rotatable bonds is 10. The second kappa shape index (κ2) is 11.1. The molecule has 0 N–H and O–H groups in total. The number of hydrogen-bond donors (Lipinski definition) is 0. The van der Waals surface area contributed by atoms with Crippen molar-refractivity contribution in [2.45, 2.75) is 25.8 Å². The molecule has 0 bridgehead atoms. The Hall–Kier alpha value is -1.85. The molecule has 1 aromatic rings. The van der Waals surface area contributed by atoms with E-state index in [1.165, 1.54) is 18.4 Å². The van der Waals surface area contributed by atoms with Gasteiger partial charge in [-0.2, -0.15) is 0 Å². The highest BCUT2D eigenvalue weighted by molar-refractivity contribution is 5.77. The molecule has 1 aliphatic rings. The fourth-order valence-electron chi connectivity index (χ4n) is 3.72. The minimum atomic E-state index is 0.189. The summed E-state index contributed by atoms with van der Waals surface area (Å²) >= 11 is 0. The number of para-hydroxylation sites is 1. The number of methoxy groups -OCH3 is 1. The molecule has 1 fully saturated rings. The first-order chi connectivity index (χ1) is 13.0. The second-order valence-corrected chi connectivity index (χ2v) is 7.69. The summed E-state index contributed by atoms with van der Waals surface area (Å²) in [5.74, 6) is 1.66. The molecular formula is C22H35N3O2. The molecule has 1 heterocycles. The van der Waals surface area contributed by atoms with Crippen LogP contribution in [0.5, 0.6) is 5.75 Å². The fraction of sp³-hybridized carbons (Fsp3) is 0.591. The van der Waals surface area contributed by atoms with Gasteiger partial charge in [-0.05, 0) is 45.5 Å². The number of carbonyl (C=O) groups is 1. The first kappa shape index (κ1) is 21.5.